The molecule has 0 aromatic heterocycles. The van der Waals surface area contributed by atoms with Crippen LogP contribution < -0.4 is 5.32 Å². The topological polar surface area (TPSA) is 32.3 Å². The summed E-state index contributed by atoms with van der Waals surface area (Å²) in [6.45, 7) is 1.82. The van der Waals surface area contributed by atoms with E-state index in [1.807, 2.05) is 49.4 Å². The first kappa shape index (κ1) is 12.5. The molecule has 2 aromatic carbocycles. The van der Waals surface area contributed by atoms with Crippen molar-refractivity contribution in [1.29, 1.82) is 0 Å². The van der Waals surface area contributed by atoms with Gasteiger partial charge in [-0.15, -0.1) is 0 Å². The number of anilines is 1. The molecule has 98 valence electrons. The van der Waals surface area contributed by atoms with Crippen LogP contribution in [-0.2, 0) is 12.0 Å². The van der Waals surface area contributed by atoms with E-state index in [0.29, 0.717) is 5.02 Å². The van der Waals surface area contributed by atoms with Crippen molar-refractivity contribution in [2.75, 3.05) is 5.32 Å². The number of rotatable bonds is 2. The SMILES string of the molecule is CC(O)(c1ccccc1Cl)C1Cc2ccccc2N1. The Labute approximate surface area is 118 Å². The van der Waals surface area contributed by atoms with E-state index in [4.69, 9.17) is 11.6 Å². The van der Waals surface area contributed by atoms with Crippen LogP contribution in [0.25, 0.3) is 0 Å². The highest BCUT2D eigenvalue weighted by molar-refractivity contribution is 6.31. The predicted molar refractivity (Wildman–Crippen MR) is 78.6 cm³/mol. The predicted octanol–water partition coefficient (Wildman–Crippen LogP) is 3.58. The van der Waals surface area contributed by atoms with Crippen molar-refractivity contribution >= 4 is 17.3 Å². The lowest BCUT2D eigenvalue weighted by Gasteiger charge is -2.31. The first-order valence-corrected chi connectivity index (χ1v) is 6.78. The van der Waals surface area contributed by atoms with Gasteiger partial charge in [-0.2, -0.15) is 0 Å². The molecule has 0 aliphatic carbocycles. The molecule has 2 nitrogen and oxygen atoms in total. The van der Waals surface area contributed by atoms with Crippen molar-refractivity contribution in [3.05, 3.63) is 64.7 Å². The fraction of sp³-hybridized carbons (Fsp3) is 0.250. The van der Waals surface area contributed by atoms with E-state index in [-0.39, 0.29) is 6.04 Å². The number of aliphatic hydroxyl groups is 1. The zero-order chi connectivity index (χ0) is 13.5. The minimum Gasteiger partial charge on any atom is -0.383 e. The summed E-state index contributed by atoms with van der Waals surface area (Å²) in [6, 6.07) is 15.6. The lowest BCUT2D eigenvalue weighted by Crippen LogP contribution is -2.41. The summed E-state index contributed by atoms with van der Waals surface area (Å²) in [4.78, 5) is 0. The van der Waals surface area contributed by atoms with Crippen molar-refractivity contribution in [2.45, 2.75) is 25.0 Å². The van der Waals surface area contributed by atoms with Gasteiger partial charge in [0.15, 0.2) is 0 Å². The second-order valence-corrected chi connectivity index (χ2v) is 5.59. The molecule has 0 saturated heterocycles. The average Bonchev–Trinajstić information content (AvgIpc) is 2.83. The van der Waals surface area contributed by atoms with Gasteiger partial charge in [-0.05, 0) is 31.0 Å². The van der Waals surface area contributed by atoms with Crippen molar-refractivity contribution < 1.29 is 5.11 Å². The van der Waals surface area contributed by atoms with Gasteiger partial charge in [0.2, 0.25) is 0 Å². The zero-order valence-corrected chi connectivity index (χ0v) is 11.5. The summed E-state index contributed by atoms with van der Waals surface area (Å²) >= 11 is 6.21. The van der Waals surface area contributed by atoms with Crippen LogP contribution in [0.2, 0.25) is 5.02 Å². The van der Waals surface area contributed by atoms with Gasteiger partial charge in [0.1, 0.15) is 5.60 Å². The van der Waals surface area contributed by atoms with E-state index in [9.17, 15) is 5.11 Å². The third-order valence-electron chi connectivity index (χ3n) is 3.87. The fourth-order valence-electron chi connectivity index (χ4n) is 2.70. The van der Waals surface area contributed by atoms with Crippen LogP contribution in [0.15, 0.2) is 48.5 Å². The van der Waals surface area contributed by atoms with E-state index in [1.54, 1.807) is 0 Å². The van der Waals surface area contributed by atoms with Crippen LogP contribution in [0.3, 0.4) is 0 Å². The minimum absolute atomic E-state index is 0.0650. The molecule has 2 atom stereocenters. The first-order chi connectivity index (χ1) is 9.09. The van der Waals surface area contributed by atoms with Gasteiger partial charge in [-0.25, -0.2) is 0 Å². The van der Waals surface area contributed by atoms with Gasteiger partial charge in [-0.3, -0.25) is 0 Å². The molecule has 1 aliphatic rings. The molecule has 2 aromatic rings. The molecule has 2 unspecified atom stereocenters. The molecule has 0 amide bonds. The highest BCUT2D eigenvalue weighted by atomic mass is 35.5. The minimum atomic E-state index is -1.00. The van der Waals surface area contributed by atoms with Crippen LogP contribution in [0.1, 0.15) is 18.1 Å². The van der Waals surface area contributed by atoms with Crippen molar-refractivity contribution in [1.82, 2.24) is 0 Å². The van der Waals surface area contributed by atoms with Crippen LogP contribution in [0.5, 0.6) is 0 Å². The summed E-state index contributed by atoms with van der Waals surface area (Å²) in [7, 11) is 0. The van der Waals surface area contributed by atoms with E-state index < -0.39 is 5.60 Å². The Kier molecular flexibility index (Phi) is 3.00. The molecule has 0 radical (unpaired) electrons. The van der Waals surface area contributed by atoms with Gasteiger partial charge >= 0.3 is 0 Å². The second-order valence-electron chi connectivity index (χ2n) is 5.19. The Hall–Kier alpha value is -1.51. The number of para-hydroxylation sites is 1. The van der Waals surface area contributed by atoms with E-state index in [0.717, 1.165) is 17.7 Å². The van der Waals surface area contributed by atoms with E-state index in [2.05, 4.69) is 11.4 Å². The molecule has 2 N–H and O–H groups in total. The van der Waals surface area contributed by atoms with Gasteiger partial charge in [0.25, 0.3) is 0 Å². The van der Waals surface area contributed by atoms with Crippen LogP contribution in [-0.4, -0.2) is 11.1 Å². The van der Waals surface area contributed by atoms with Gasteiger partial charge in [0.05, 0.1) is 6.04 Å². The molecule has 19 heavy (non-hydrogen) atoms. The number of hydrogen-bond acceptors (Lipinski definition) is 2. The van der Waals surface area contributed by atoms with Gasteiger partial charge in [-0.1, -0.05) is 48.0 Å². The number of fused-ring (bicyclic) bond motifs is 1. The maximum absolute atomic E-state index is 10.9. The summed E-state index contributed by atoms with van der Waals surface area (Å²) in [5, 5.41) is 14.9. The highest BCUT2D eigenvalue weighted by Gasteiger charge is 2.38. The smallest absolute Gasteiger partial charge is 0.109 e. The second kappa shape index (κ2) is 4.55. The lowest BCUT2D eigenvalue weighted by molar-refractivity contribution is 0.0382. The fourth-order valence-corrected chi connectivity index (χ4v) is 3.02. The molecular formula is C16H16ClNO. The Morgan fingerprint density at radius 2 is 1.84 bits per heavy atom. The molecular weight excluding hydrogens is 258 g/mol. The average molecular weight is 274 g/mol. The van der Waals surface area contributed by atoms with Gasteiger partial charge < -0.3 is 10.4 Å². The third kappa shape index (κ3) is 2.11. The summed E-state index contributed by atoms with van der Waals surface area (Å²) in [5.41, 5.74) is 2.10. The Balaban J connectivity index is 1.94. The molecule has 3 heteroatoms. The van der Waals surface area contributed by atoms with E-state index in [1.165, 1.54) is 5.56 Å². The zero-order valence-electron chi connectivity index (χ0n) is 10.7. The van der Waals surface area contributed by atoms with Crippen LogP contribution in [0, 0.1) is 0 Å². The number of nitrogens with one attached hydrogen (secondary N) is 1. The molecule has 0 saturated carbocycles. The molecule has 0 fully saturated rings. The normalized spacial score (nSPS) is 20.5. The monoisotopic (exact) mass is 273 g/mol. The standard InChI is InChI=1S/C16H16ClNO/c1-16(19,12-7-3-4-8-13(12)17)15-10-11-6-2-5-9-14(11)18-15/h2-9,15,18-19H,10H2,1H3. The first-order valence-electron chi connectivity index (χ1n) is 6.41. The van der Waals surface area contributed by atoms with Crippen LogP contribution >= 0.6 is 11.6 Å². The van der Waals surface area contributed by atoms with E-state index >= 15 is 0 Å². The summed E-state index contributed by atoms with van der Waals surface area (Å²) in [5.74, 6) is 0. The van der Waals surface area contributed by atoms with Gasteiger partial charge in [0, 0.05) is 16.3 Å². The lowest BCUT2D eigenvalue weighted by atomic mass is 9.86. The molecule has 0 bridgehead atoms. The Morgan fingerprint density at radius 1 is 1.16 bits per heavy atom. The van der Waals surface area contributed by atoms with Crippen molar-refractivity contribution in [3.63, 3.8) is 0 Å². The van der Waals surface area contributed by atoms with Crippen LogP contribution in [0.4, 0.5) is 5.69 Å². The summed E-state index contributed by atoms with van der Waals surface area (Å²) < 4.78 is 0. The molecule has 1 aliphatic heterocycles. The molecule has 1 heterocycles. The van der Waals surface area contributed by atoms with Crippen molar-refractivity contribution in [3.8, 4) is 0 Å². The third-order valence-corrected chi connectivity index (χ3v) is 4.20. The van der Waals surface area contributed by atoms with Crippen molar-refractivity contribution in [2.24, 2.45) is 0 Å². The quantitative estimate of drug-likeness (QED) is 0.876. The number of benzene rings is 2. The summed E-state index contributed by atoms with van der Waals surface area (Å²) in [6.07, 6.45) is 0.800. The Bertz CT molecular complexity index is 584. The largest absolute Gasteiger partial charge is 0.383 e. The number of halogens is 1. The maximum atomic E-state index is 10.9. The Morgan fingerprint density at radius 3 is 2.58 bits per heavy atom. The molecule has 3 rings (SSSR count). The highest BCUT2D eigenvalue weighted by Crippen LogP contribution is 2.37. The molecule has 0 spiro atoms. The number of hydrogen-bond donors (Lipinski definition) is 2. The maximum Gasteiger partial charge on any atom is 0.109 e.